The van der Waals surface area contributed by atoms with E-state index >= 15 is 0 Å². The lowest BCUT2D eigenvalue weighted by Crippen LogP contribution is -2.67. The number of nitrogens with zero attached hydrogens (tertiary/aromatic N) is 2. The Hall–Kier alpha value is -3.76. The van der Waals surface area contributed by atoms with Crippen molar-refractivity contribution in [3.8, 4) is 0 Å². The number of aromatic nitrogens is 3. The van der Waals surface area contributed by atoms with Crippen LogP contribution >= 0.6 is 11.8 Å². The molecule has 0 radical (unpaired) electrons. The standard InChI is InChI=1S/C35H37N3O4SSi/c1-24-22-38(34(40)37-33(24)39)32-21-30(43-31-20-19-25-13-11-12-18-28(25)36-31)29(42-32)23-41-44(35(2,3)4,26-14-7-5-8-15-26)27-16-9-6-10-17-27/h5-20,22,29-30,32H,21,23H2,1-4H3,(H,37,39,40)/t29-,30+,32-/m1/s1. The van der Waals surface area contributed by atoms with Crippen LogP contribution in [0.15, 0.2) is 118 Å². The molecule has 9 heteroatoms. The minimum absolute atomic E-state index is 0.0500. The first-order valence-corrected chi connectivity index (χ1v) is 17.7. The summed E-state index contributed by atoms with van der Waals surface area (Å²) in [7, 11) is -2.82. The van der Waals surface area contributed by atoms with Crippen molar-refractivity contribution in [3.63, 3.8) is 0 Å². The molecule has 0 saturated carbocycles. The van der Waals surface area contributed by atoms with Crippen LogP contribution in [0.1, 0.15) is 39.0 Å². The number of pyridine rings is 1. The maximum Gasteiger partial charge on any atom is 0.330 e. The minimum atomic E-state index is -2.82. The van der Waals surface area contributed by atoms with Gasteiger partial charge in [0.25, 0.3) is 13.9 Å². The molecule has 44 heavy (non-hydrogen) atoms. The summed E-state index contributed by atoms with van der Waals surface area (Å²) in [6.45, 7) is 8.80. The zero-order valence-electron chi connectivity index (χ0n) is 25.4. The van der Waals surface area contributed by atoms with E-state index in [-0.39, 0.29) is 22.0 Å². The molecule has 1 saturated heterocycles. The van der Waals surface area contributed by atoms with Gasteiger partial charge < -0.3 is 9.16 Å². The Kier molecular flexibility index (Phi) is 8.48. The summed E-state index contributed by atoms with van der Waals surface area (Å²) in [5.41, 5.74) is 0.523. The molecule has 2 aromatic heterocycles. The summed E-state index contributed by atoms with van der Waals surface area (Å²) in [5.74, 6) is 0. The van der Waals surface area contributed by atoms with E-state index in [1.807, 2.05) is 36.4 Å². The van der Waals surface area contributed by atoms with Crippen LogP contribution in [0.3, 0.4) is 0 Å². The summed E-state index contributed by atoms with van der Waals surface area (Å²) in [4.78, 5) is 32.4. The van der Waals surface area contributed by atoms with Crippen LogP contribution in [0.5, 0.6) is 0 Å². The van der Waals surface area contributed by atoms with E-state index in [0.717, 1.165) is 15.9 Å². The van der Waals surface area contributed by atoms with E-state index < -0.39 is 20.2 Å². The second kappa shape index (κ2) is 12.3. The number of fused-ring (bicyclic) bond motifs is 1. The third kappa shape index (κ3) is 5.85. The number of hydrogen-bond acceptors (Lipinski definition) is 6. The number of para-hydroxylation sites is 1. The maximum absolute atomic E-state index is 12.9. The Morgan fingerprint density at radius 3 is 2.23 bits per heavy atom. The lowest BCUT2D eigenvalue weighted by molar-refractivity contribution is -0.0208. The Balaban J connectivity index is 1.38. The highest BCUT2D eigenvalue weighted by Crippen LogP contribution is 2.41. The topological polar surface area (TPSA) is 86.2 Å². The third-order valence-corrected chi connectivity index (χ3v) is 14.6. The van der Waals surface area contributed by atoms with Crippen molar-refractivity contribution in [2.75, 3.05) is 6.61 Å². The van der Waals surface area contributed by atoms with Crippen molar-refractivity contribution >= 4 is 41.4 Å². The van der Waals surface area contributed by atoms with E-state index in [4.69, 9.17) is 14.1 Å². The molecule has 1 N–H and O–H groups in total. The van der Waals surface area contributed by atoms with Crippen LogP contribution in [-0.4, -0.2) is 40.8 Å². The highest BCUT2D eigenvalue weighted by molar-refractivity contribution is 7.99. The number of hydrogen-bond donors (Lipinski definition) is 1. The zero-order valence-corrected chi connectivity index (χ0v) is 27.2. The summed E-state index contributed by atoms with van der Waals surface area (Å²) in [6.07, 6.45) is 1.26. The van der Waals surface area contributed by atoms with Crippen molar-refractivity contribution in [2.24, 2.45) is 0 Å². The average molecular weight is 624 g/mol. The van der Waals surface area contributed by atoms with Crippen LogP contribution in [0.25, 0.3) is 10.9 Å². The summed E-state index contributed by atoms with van der Waals surface area (Å²) >= 11 is 1.65. The normalized spacial score (nSPS) is 19.0. The number of ether oxygens (including phenoxy) is 1. The lowest BCUT2D eigenvalue weighted by atomic mass is 10.2. The van der Waals surface area contributed by atoms with E-state index in [9.17, 15) is 9.59 Å². The van der Waals surface area contributed by atoms with Gasteiger partial charge in [-0.05, 0) is 34.5 Å². The summed E-state index contributed by atoms with van der Waals surface area (Å²) in [5, 5.41) is 4.12. The summed E-state index contributed by atoms with van der Waals surface area (Å²) in [6, 6.07) is 33.3. The number of thioether (sulfide) groups is 1. The molecular weight excluding hydrogens is 587 g/mol. The summed E-state index contributed by atoms with van der Waals surface area (Å²) < 4.78 is 15.4. The van der Waals surface area contributed by atoms with Gasteiger partial charge in [-0.15, -0.1) is 11.8 Å². The fourth-order valence-electron chi connectivity index (χ4n) is 6.18. The first-order chi connectivity index (χ1) is 21.2. The second-order valence-corrected chi connectivity index (χ2v) is 17.9. The van der Waals surface area contributed by atoms with E-state index in [1.165, 1.54) is 14.9 Å². The Bertz CT molecular complexity index is 1830. The van der Waals surface area contributed by atoms with Crippen molar-refractivity contribution in [3.05, 3.63) is 130 Å². The van der Waals surface area contributed by atoms with Gasteiger partial charge in [-0.2, -0.15) is 0 Å². The SMILES string of the molecule is Cc1cn([C@H]2C[C@H](Sc3ccc4ccccc4n3)[C@@H](CO[Si](c3ccccc3)(c3ccccc3)C(C)(C)C)O2)c(=O)[nH]c1=O. The third-order valence-electron chi connectivity index (χ3n) is 8.36. The molecule has 0 aliphatic carbocycles. The van der Waals surface area contributed by atoms with E-state index in [1.54, 1.807) is 24.9 Å². The number of benzene rings is 3. The number of nitrogens with one attached hydrogen (secondary N) is 1. The van der Waals surface area contributed by atoms with Crippen molar-refractivity contribution < 1.29 is 9.16 Å². The van der Waals surface area contributed by atoms with Crippen LogP contribution in [0, 0.1) is 6.92 Å². The molecule has 6 rings (SSSR count). The molecule has 1 aliphatic heterocycles. The molecular formula is C35H37N3O4SSi. The van der Waals surface area contributed by atoms with E-state index in [2.05, 4.69) is 86.4 Å². The molecule has 0 bridgehead atoms. The highest BCUT2D eigenvalue weighted by atomic mass is 32.2. The highest BCUT2D eigenvalue weighted by Gasteiger charge is 2.51. The van der Waals surface area contributed by atoms with Crippen LogP contribution < -0.4 is 21.6 Å². The molecule has 3 aromatic carbocycles. The molecule has 226 valence electrons. The molecule has 0 unspecified atom stereocenters. The lowest BCUT2D eigenvalue weighted by Gasteiger charge is -2.43. The van der Waals surface area contributed by atoms with E-state index in [0.29, 0.717) is 18.6 Å². The first kappa shape index (κ1) is 30.3. The van der Waals surface area contributed by atoms with Crippen LogP contribution in [-0.2, 0) is 9.16 Å². The largest absolute Gasteiger partial charge is 0.405 e. The van der Waals surface area contributed by atoms with Crippen molar-refractivity contribution in [1.82, 2.24) is 14.5 Å². The van der Waals surface area contributed by atoms with Crippen molar-refractivity contribution in [1.29, 1.82) is 0 Å². The van der Waals surface area contributed by atoms with Gasteiger partial charge in [0.2, 0.25) is 0 Å². The van der Waals surface area contributed by atoms with Gasteiger partial charge in [-0.1, -0.05) is 106 Å². The molecule has 3 heterocycles. The molecule has 3 atom stereocenters. The Morgan fingerprint density at radius 2 is 1.57 bits per heavy atom. The van der Waals surface area contributed by atoms with Gasteiger partial charge in [0.05, 0.1) is 23.3 Å². The number of rotatable bonds is 8. The minimum Gasteiger partial charge on any atom is -0.405 e. The number of aromatic amines is 1. The number of H-pyrrole nitrogens is 1. The first-order valence-electron chi connectivity index (χ1n) is 14.9. The van der Waals surface area contributed by atoms with Crippen LogP contribution in [0.2, 0.25) is 5.04 Å². The van der Waals surface area contributed by atoms with Gasteiger partial charge in [0.1, 0.15) is 6.23 Å². The monoisotopic (exact) mass is 623 g/mol. The van der Waals surface area contributed by atoms with Gasteiger partial charge in [0.15, 0.2) is 0 Å². The second-order valence-electron chi connectivity index (χ2n) is 12.3. The molecule has 5 aromatic rings. The fourth-order valence-corrected chi connectivity index (χ4v) is 11.9. The zero-order chi connectivity index (χ0) is 30.9. The maximum atomic E-state index is 12.9. The molecule has 7 nitrogen and oxygen atoms in total. The Morgan fingerprint density at radius 1 is 0.932 bits per heavy atom. The van der Waals surface area contributed by atoms with Gasteiger partial charge in [0, 0.05) is 28.8 Å². The van der Waals surface area contributed by atoms with Gasteiger partial charge in [-0.25, -0.2) is 9.78 Å². The Labute approximate surface area is 262 Å². The molecule has 0 amide bonds. The van der Waals surface area contributed by atoms with Gasteiger partial charge in [-0.3, -0.25) is 14.3 Å². The number of aryl methyl sites for hydroxylation is 1. The predicted octanol–water partition coefficient (Wildman–Crippen LogP) is 5.42. The quantitative estimate of drug-likeness (QED) is 0.233. The molecule has 1 aliphatic rings. The molecule has 1 fully saturated rings. The smallest absolute Gasteiger partial charge is 0.330 e. The van der Waals surface area contributed by atoms with Gasteiger partial charge >= 0.3 is 5.69 Å². The molecule has 0 spiro atoms. The van der Waals surface area contributed by atoms with Crippen LogP contribution in [0.4, 0.5) is 0 Å². The van der Waals surface area contributed by atoms with Crippen molar-refractivity contribution in [2.45, 2.75) is 61.8 Å². The average Bonchev–Trinajstić information content (AvgIpc) is 3.41. The predicted molar refractivity (Wildman–Crippen MR) is 180 cm³/mol. The fraction of sp³-hybridized carbons (Fsp3) is 0.286.